The molecule has 0 aromatic heterocycles. The maximum atomic E-state index is 10.2. The molecule has 2 nitrogen and oxygen atoms in total. The third-order valence-electron chi connectivity index (χ3n) is 3.52. The van der Waals surface area contributed by atoms with Gasteiger partial charge in [0.15, 0.2) is 0 Å². The molecule has 0 spiro atoms. The zero-order valence-electron chi connectivity index (χ0n) is 10.2. The first kappa shape index (κ1) is 11.6. The van der Waals surface area contributed by atoms with Gasteiger partial charge in [0.25, 0.3) is 0 Å². The quantitative estimate of drug-likeness (QED) is 0.844. The molecule has 88 valence electrons. The Hall–Kier alpha value is -0.860. The van der Waals surface area contributed by atoms with Gasteiger partial charge in [0, 0.05) is 12.6 Å². The van der Waals surface area contributed by atoms with E-state index in [1.165, 1.54) is 18.4 Å². The third-order valence-corrected chi connectivity index (χ3v) is 3.52. The summed E-state index contributed by atoms with van der Waals surface area (Å²) < 4.78 is 0. The Balaban J connectivity index is 1.99. The van der Waals surface area contributed by atoms with Crippen LogP contribution in [0.1, 0.15) is 37.0 Å². The fourth-order valence-corrected chi connectivity index (χ4v) is 2.47. The third kappa shape index (κ3) is 2.63. The van der Waals surface area contributed by atoms with Crippen molar-refractivity contribution in [1.82, 2.24) is 4.90 Å². The number of likely N-dealkylation sites (tertiary alicyclic amines) is 1. The summed E-state index contributed by atoms with van der Waals surface area (Å²) >= 11 is 0. The lowest BCUT2D eigenvalue weighted by atomic mass is 10.1. The molecule has 0 radical (unpaired) electrons. The van der Waals surface area contributed by atoms with Crippen LogP contribution in [0.15, 0.2) is 24.3 Å². The molecule has 1 aromatic rings. The molecule has 2 heteroatoms. The fraction of sp³-hybridized carbons (Fsp3) is 0.571. The van der Waals surface area contributed by atoms with Crippen molar-refractivity contribution < 1.29 is 5.11 Å². The summed E-state index contributed by atoms with van der Waals surface area (Å²) in [5, 5.41) is 10.2. The van der Waals surface area contributed by atoms with Crippen molar-refractivity contribution in [3.63, 3.8) is 0 Å². The number of rotatable bonds is 3. The minimum atomic E-state index is -0.347. The van der Waals surface area contributed by atoms with Gasteiger partial charge in [-0.1, -0.05) is 29.8 Å². The van der Waals surface area contributed by atoms with Crippen LogP contribution in [0.3, 0.4) is 0 Å². The van der Waals surface area contributed by atoms with Gasteiger partial charge in [-0.15, -0.1) is 0 Å². The van der Waals surface area contributed by atoms with Crippen molar-refractivity contribution in [2.75, 3.05) is 13.1 Å². The molecule has 1 fully saturated rings. The first-order valence-electron chi connectivity index (χ1n) is 6.15. The molecule has 2 rings (SSSR count). The molecule has 1 heterocycles. The van der Waals surface area contributed by atoms with E-state index in [0.29, 0.717) is 6.04 Å². The summed E-state index contributed by atoms with van der Waals surface area (Å²) in [7, 11) is 0. The van der Waals surface area contributed by atoms with Crippen molar-refractivity contribution in [1.29, 1.82) is 0 Å². The van der Waals surface area contributed by atoms with Crippen molar-refractivity contribution in [2.45, 2.75) is 38.8 Å². The van der Waals surface area contributed by atoms with Gasteiger partial charge >= 0.3 is 0 Å². The number of aliphatic hydroxyl groups excluding tert-OH is 1. The number of benzene rings is 1. The summed E-state index contributed by atoms with van der Waals surface area (Å²) in [6, 6.07) is 8.79. The van der Waals surface area contributed by atoms with Crippen LogP contribution in [0.4, 0.5) is 0 Å². The number of aryl methyl sites for hydroxylation is 1. The van der Waals surface area contributed by atoms with Crippen LogP contribution in [0.25, 0.3) is 0 Å². The van der Waals surface area contributed by atoms with Crippen LogP contribution in [0.5, 0.6) is 0 Å². The Kier molecular flexibility index (Phi) is 3.62. The molecule has 2 unspecified atom stereocenters. The highest BCUT2D eigenvalue weighted by molar-refractivity contribution is 5.24. The van der Waals surface area contributed by atoms with E-state index in [1.54, 1.807) is 0 Å². The monoisotopic (exact) mass is 219 g/mol. The molecule has 0 saturated carbocycles. The molecule has 1 N–H and O–H groups in total. The van der Waals surface area contributed by atoms with E-state index in [4.69, 9.17) is 0 Å². The smallest absolute Gasteiger partial charge is 0.0917 e. The van der Waals surface area contributed by atoms with Crippen molar-refractivity contribution in [3.8, 4) is 0 Å². The number of aliphatic hydroxyl groups is 1. The van der Waals surface area contributed by atoms with Gasteiger partial charge in [-0.25, -0.2) is 0 Å². The predicted molar refractivity (Wildman–Crippen MR) is 66.4 cm³/mol. The van der Waals surface area contributed by atoms with Gasteiger partial charge in [-0.05, 0) is 38.8 Å². The highest BCUT2D eigenvalue weighted by Gasteiger charge is 2.22. The Morgan fingerprint density at radius 3 is 2.94 bits per heavy atom. The fourth-order valence-electron chi connectivity index (χ4n) is 2.47. The second kappa shape index (κ2) is 4.98. The minimum Gasteiger partial charge on any atom is -0.387 e. The Labute approximate surface area is 97.9 Å². The topological polar surface area (TPSA) is 23.5 Å². The average molecular weight is 219 g/mol. The van der Waals surface area contributed by atoms with Gasteiger partial charge in [0.1, 0.15) is 0 Å². The Morgan fingerprint density at radius 2 is 2.31 bits per heavy atom. The largest absolute Gasteiger partial charge is 0.387 e. The number of nitrogens with zero attached hydrogens (tertiary/aromatic N) is 1. The molecule has 1 aromatic carbocycles. The molecule has 1 aliphatic heterocycles. The van der Waals surface area contributed by atoms with E-state index in [0.717, 1.165) is 18.7 Å². The second-order valence-electron chi connectivity index (χ2n) is 4.92. The van der Waals surface area contributed by atoms with Crippen LogP contribution in [0.2, 0.25) is 0 Å². The Bertz CT molecular complexity index is 350. The highest BCUT2D eigenvalue weighted by Crippen LogP contribution is 2.21. The lowest BCUT2D eigenvalue weighted by Crippen LogP contribution is -2.31. The second-order valence-corrected chi connectivity index (χ2v) is 4.92. The molecule has 16 heavy (non-hydrogen) atoms. The van der Waals surface area contributed by atoms with Crippen LogP contribution in [-0.2, 0) is 0 Å². The molecule has 0 aliphatic carbocycles. The van der Waals surface area contributed by atoms with Gasteiger partial charge in [-0.3, -0.25) is 4.90 Å². The maximum absolute atomic E-state index is 10.2. The predicted octanol–water partition coefficient (Wildman–Crippen LogP) is 2.51. The molecule has 1 saturated heterocycles. The van der Waals surface area contributed by atoms with Gasteiger partial charge < -0.3 is 5.11 Å². The van der Waals surface area contributed by atoms with E-state index in [9.17, 15) is 5.11 Å². The number of hydrogen-bond acceptors (Lipinski definition) is 2. The SMILES string of the molecule is Cc1cccc(C(O)CN2CCCC2C)c1. The summed E-state index contributed by atoms with van der Waals surface area (Å²) in [6.07, 6.45) is 2.18. The molecular weight excluding hydrogens is 198 g/mol. The first-order chi connectivity index (χ1) is 7.66. The van der Waals surface area contributed by atoms with Crippen molar-refractivity contribution >= 4 is 0 Å². The van der Waals surface area contributed by atoms with Crippen LogP contribution >= 0.6 is 0 Å². The lowest BCUT2D eigenvalue weighted by Gasteiger charge is -2.24. The number of hydrogen-bond donors (Lipinski definition) is 1. The van der Waals surface area contributed by atoms with Crippen LogP contribution in [0, 0.1) is 6.92 Å². The van der Waals surface area contributed by atoms with Gasteiger partial charge in [0.05, 0.1) is 6.10 Å². The molecular formula is C14H21NO. The summed E-state index contributed by atoms with van der Waals surface area (Å²) in [6.45, 7) is 6.21. The normalized spacial score (nSPS) is 23.6. The lowest BCUT2D eigenvalue weighted by molar-refractivity contribution is 0.110. The van der Waals surface area contributed by atoms with Gasteiger partial charge in [0.2, 0.25) is 0 Å². The van der Waals surface area contributed by atoms with E-state index < -0.39 is 0 Å². The summed E-state index contributed by atoms with van der Waals surface area (Å²) in [5.41, 5.74) is 2.25. The molecule has 0 bridgehead atoms. The maximum Gasteiger partial charge on any atom is 0.0917 e. The summed E-state index contributed by atoms with van der Waals surface area (Å²) in [5.74, 6) is 0. The van der Waals surface area contributed by atoms with E-state index in [2.05, 4.69) is 30.9 Å². The molecule has 2 atom stereocenters. The minimum absolute atomic E-state index is 0.347. The standard InChI is InChI=1S/C14H21NO/c1-11-5-3-7-13(9-11)14(16)10-15-8-4-6-12(15)2/h3,5,7,9,12,14,16H,4,6,8,10H2,1-2H3. The van der Waals surface area contributed by atoms with E-state index in [1.807, 2.05) is 12.1 Å². The van der Waals surface area contributed by atoms with Crippen molar-refractivity contribution in [2.24, 2.45) is 0 Å². The van der Waals surface area contributed by atoms with E-state index in [-0.39, 0.29) is 6.10 Å². The highest BCUT2D eigenvalue weighted by atomic mass is 16.3. The van der Waals surface area contributed by atoms with Crippen molar-refractivity contribution in [3.05, 3.63) is 35.4 Å². The average Bonchev–Trinajstić information content (AvgIpc) is 2.64. The van der Waals surface area contributed by atoms with E-state index >= 15 is 0 Å². The first-order valence-corrected chi connectivity index (χ1v) is 6.15. The molecule has 1 aliphatic rings. The zero-order chi connectivity index (χ0) is 11.5. The Morgan fingerprint density at radius 1 is 1.50 bits per heavy atom. The van der Waals surface area contributed by atoms with Crippen LogP contribution < -0.4 is 0 Å². The number of β-amino-alcohol motifs (C(OH)–C–C–N with tert-alkyl or cyclic N) is 1. The van der Waals surface area contributed by atoms with Crippen LogP contribution in [-0.4, -0.2) is 29.1 Å². The van der Waals surface area contributed by atoms with Gasteiger partial charge in [-0.2, -0.15) is 0 Å². The summed E-state index contributed by atoms with van der Waals surface area (Å²) in [4.78, 5) is 2.38. The molecule has 0 amide bonds. The zero-order valence-corrected chi connectivity index (χ0v) is 10.2.